The first-order chi connectivity index (χ1) is 16.6. The van der Waals surface area contributed by atoms with Gasteiger partial charge in [0.05, 0.1) is 16.9 Å². The van der Waals surface area contributed by atoms with Gasteiger partial charge in [0.15, 0.2) is 0 Å². The number of nitrogens with zero attached hydrogens (tertiary/aromatic N) is 2. The number of imide groups is 1. The molecule has 0 saturated carbocycles. The Morgan fingerprint density at radius 2 is 1.49 bits per heavy atom. The fourth-order valence-electron chi connectivity index (χ4n) is 3.99. The quantitative estimate of drug-likeness (QED) is 0.520. The summed E-state index contributed by atoms with van der Waals surface area (Å²) in [4.78, 5) is 42.8. The van der Waals surface area contributed by atoms with E-state index in [2.05, 4.69) is 5.32 Å². The van der Waals surface area contributed by atoms with Crippen LogP contribution in [0.4, 0.5) is 30.6 Å². The largest absolute Gasteiger partial charge is 0.333 e. The molecule has 0 saturated heterocycles. The van der Waals surface area contributed by atoms with Gasteiger partial charge in [-0.05, 0) is 66.6 Å². The maximum atomic E-state index is 13.9. The molecule has 180 valence electrons. The average Bonchev–Trinajstić information content (AvgIpc) is 3.25. The van der Waals surface area contributed by atoms with Crippen molar-refractivity contribution in [3.63, 3.8) is 0 Å². The van der Waals surface area contributed by atoms with E-state index in [1.807, 2.05) is 6.07 Å². The third-order valence-corrected chi connectivity index (χ3v) is 5.70. The molecular formula is C27H25F2N3O3. The summed E-state index contributed by atoms with van der Waals surface area (Å²) in [5, 5.41) is 2.58. The van der Waals surface area contributed by atoms with E-state index in [1.165, 1.54) is 36.4 Å². The van der Waals surface area contributed by atoms with Crippen LogP contribution < -0.4 is 15.1 Å². The normalized spacial score (nSPS) is 12.8. The molecule has 6 nitrogen and oxygen atoms in total. The molecule has 1 aliphatic rings. The highest BCUT2D eigenvalue weighted by molar-refractivity contribution is 6.26. The van der Waals surface area contributed by atoms with Crippen LogP contribution >= 0.6 is 0 Å². The fraction of sp³-hybridized carbons (Fsp3) is 0.222. The lowest BCUT2D eigenvalue weighted by Crippen LogP contribution is -2.42. The number of rotatable bonds is 3. The van der Waals surface area contributed by atoms with Crippen LogP contribution in [0.15, 0.2) is 66.7 Å². The first kappa shape index (κ1) is 24.1. The number of anilines is 3. The summed E-state index contributed by atoms with van der Waals surface area (Å²) in [6.07, 6.45) is 0.580. The Kier molecular flexibility index (Phi) is 6.39. The number of benzene rings is 3. The summed E-state index contributed by atoms with van der Waals surface area (Å²) in [5.41, 5.74) is 1.22. The zero-order valence-corrected chi connectivity index (χ0v) is 19.6. The molecule has 0 atom stereocenters. The number of urea groups is 1. The Balaban J connectivity index is 1.76. The summed E-state index contributed by atoms with van der Waals surface area (Å²) in [5.74, 6) is -1.82. The van der Waals surface area contributed by atoms with Crippen molar-refractivity contribution in [2.24, 2.45) is 5.41 Å². The second-order valence-electron chi connectivity index (χ2n) is 9.32. The number of fused-ring (bicyclic) bond motifs is 1. The van der Waals surface area contributed by atoms with Gasteiger partial charge in [-0.25, -0.2) is 18.5 Å². The fourth-order valence-corrected chi connectivity index (χ4v) is 3.99. The van der Waals surface area contributed by atoms with E-state index in [0.29, 0.717) is 18.7 Å². The van der Waals surface area contributed by atoms with Crippen molar-refractivity contribution in [1.29, 1.82) is 0 Å². The summed E-state index contributed by atoms with van der Waals surface area (Å²) < 4.78 is 26.9. The van der Waals surface area contributed by atoms with Gasteiger partial charge in [0.25, 0.3) is 5.91 Å². The molecule has 4 amide bonds. The Bertz CT molecular complexity index is 1280. The van der Waals surface area contributed by atoms with Crippen molar-refractivity contribution in [3.05, 3.63) is 89.5 Å². The molecule has 0 spiro atoms. The molecule has 35 heavy (non-hydrogen) atoms. The van der Waals surface area contributed by atoms with Crippen LogP contribution in [-0.4, -0.2) is 24.4 Å². The molecule has 1 N–H and O–H groups in total. The van der Waals surface area contributed by atoms with Crippen LogP contribution in [0.25, 0.3) is 0 Å². The van der Waals surface area contributed by atoms with Gasteiger partial charge in [0, 0.05) is 17.6 Å². The van der Waals surface area contributed by atoms with Crippen molar-refractivity contribution in [2.75, 3.05) is 21.7 Å². The van der Waals surface area contributed by atoms with E-state index in [0.717, 1.165) is 22.6 Å². The second kappa shape index (κ2) is 9.29. The minimum Gasteiger partial charge on any atom is -0.311 e. The van der Waals surface area contributed by atoms with E-state index in [9.17, 15) is 23.2 Å². The van der Waals surface area contributed by atoms with Crippen LogP contribution in [0.3, 0.4) is 0 Å². The number of amides is 4. The van der Waals surface area contributed by atoms with Crippen molar-refractivity contribution >= 4 is 34.9 Å². The maximum Gasteiger partial charge on any atom is 0.333 e. The van der Waals surface area contributed by atoms with E-state index >= 15 is 0 Å². The van der Waals surface area contributed by atoms with Gasteiger partial charge >= 0.3 is 6.03 Å². The highest BCUT2D eigenvalue weighted by atomic mass is 19.1. The molecule has 3 aromatic carbocycles. The molecule has 0 bridgehead atoms. The Morgan fingerprint density at radius 3 is 2.09 bits per heavy atom. The smallest absolute Gasteiger partial charge is 0.311 e. The van der Waals surface area contributed by atoms with Crippen molar-refractivity contribution in [3.8, 4) is 0 Å². The number of hydrogen-bond acceptors (Lipinski definition) is 3. The Morgan fingerprint density at radius 1 is 0.886 bits per heavy atom. The molecule has 4 rings (SSSR count). The van der Waals surface area contributed by atoms with Crippen LogP contribution in [0.2, 0.25) is 0 Å². The number of carbonyl (C=O) groups is 3. The predicted octanol–water partition coefficient (Wildman–Crippen LogP) is 5.78. The molecule has 0 radical (unpaired) electrons. The summed E-state index contributed by atoms with van der Waals surface area (Å²) >= 11 is 0. The monoisotopic (exact) mass is 477 g/mol. The first-order valence-corrected chi connectivity index (χ1v) is 11.2. The van der Waals surface area contributed by atoms with Gasteiger partial charge in [-0.3, -0.25) is 9.59 Å². The highest BCUT2D eigenvalue weighted by Crippen LogP contribution is 2.36. The lowest BCUT2D eigenvalue weighted by molar-refractivity contribution is -0.125. The minimum atomic E-state index is -0.808. The molecule has 0 unspecified atom stereocenters. The van der Waals surface area contributed by atoms with Crippen molar-refractivity contribution in [1.82, 2.24) is 0 Å². The first-order valence-electron chi connectivity index (χ1n) is 11.2. The third kappa shape index (κ3) is 4.91. The van der Waals surface area contributed by atoms with E-state index < -0.39 is 29.0 Å². The molecule has 0 fully saturated rings. The van der Waals surface area contributed by atoms with Gasteiger partial charge in [0.1, 0.15) is 11.6 Å². The number of hydrogen-bond donors (Lipinski definition) is 1. The van der Waals surface area contributed by atoms with Crippen LogP contribution in [0, 0.1) is 17.0 Å². The SMILES string of the molecule is CC(C)(C)C(=O)N1CCc2cccc(C(=O)N(C(=O)Nc3ccc(F)cc3)c3ccc(F)cc3)c21. The predicted molar refractivity (Wildman–Crippen MR) is 131 cm³/mol. The van der Waals surface area contributed by atoms with Crippen LogP contribution in [0.1, 0.15) is 36.7 Å². The second-order valence-corrected chi connectivity index (χ2v) is 9.32. The van der Waals surface area contributed by atoms with E-state index in [-0.39, 0.29) is 22.8 Å². The Labute approximate surface area is 202 Å². The zero-order valence-electron chi connectivity index (χ0n) is 19.6. The van der Waals surface area contributed by atoms with Crippen molar-refractivity contribution in [2.45, 2.75) is 27.2 Å². The zero-order chi connectivity index (χ0) is 25.3. The highest BCUT2D eigenvalue weighted by Gasteiger charge is 2.37. The van der Waals surface area contributed by atoms with E-state index in [1.54, 1.807) is 37.8 Å². The summed E-state index contributed by atoms with van der Waals surface area (Å²) in [6.45, 7) is 5.84. The van der Waals surface area contributed by atoms with Gasteiger partial charge in [-0.2, -0.15) is 0 Å². The van der Waals surface area contributed by atoms with Crippen LogP contribution in [0.5, 0.6) is 0 Å². The number of para-hydroxylation sites is 1. The van der Waals surface area contributed by atoms with Crippen molar-refractivity contribution < 1.29 is 23.2 Å². The number of halogens is 2. The molecule has 0 aliphatic carbocycles. The van der Waals surface area contributed by atoms with Gasteiger partial charge in [-0.1, -0.05) is 32.9 Å². The average molecular weight is 478 g/mol. The van der Waals surface area contributed by atoms with Gasteiger partial charge in [-0.15, -0.1) is 0 Å². The summed E-state index contributed by atoms with van der Waals surface area (Å²) in [6, 6.07) is 14.3. The lowest BCUT2D eigenvalue weighted by atomic mass is 9.94. The van der Waals surface area contributed by atoms with E-state index in [4.69, 9.17) is 0 Å². The molecule has 8 heteroatoms. The van der Waals surface area contributed by atoms with Gasteiger partial charge < -0.3 is 10.2 Å². The standard InChI is InChI=1S/C27H25F2N3O3/c1-27(2,3)25(34)31-16-15-17-5-4-6-22(23(17)31)24(33)32(21-13-9-19(29)10-14-21)26(35)30-20-11-7-18(28)8-12-20/h4-14H,15-16H2,1-3H3,(H,30,35). The summed E-state index contributed by atoms with van der Waals surface area (Å²) in [7, 11) is 0. The number of nitrogens with one attached hydrogen (secondary N) is 1. The number of carbonyl (C=O) groups excluding carboxylic acids is 3. The maximum absolute atomic E-state index is 13.9. The molecular weight excluding hydrogens is 452 g/mol. The molecule has 3 aromatic rings. The minimum absolute atomic E-state index is 0.138. The lowest BCUT2D eigenvalue weighted by Gasteiger charge is -2.29. The molecule has 0 aromatic heterocycles. The third-order valence-electron chi connectivity index (χ3n) is 5.70. The van der Waals surface area contributed by atoms with Crippen LogP contribution in [-0.2, 0) is 11.2 Å². The topological polar surface area (TPSA) is 69.7 Å². The Hall–Kier alpha value is -4.07. The molecule has 1 aliphatic heterocycles. The molecule has 1 heterocycles. The van der Waals surface area contributed by atoms with Gasteiger partial charge in [0.2, 0.25) is 5.91 Å².